The summed E-state index contributed by atoms with van der Waals surface area (Å²) < 4.78 is 19.8. The molecule has 0 radical (unpaired) electrons. The molecule has 1 saturated heterocycles. The van der Waals surface area contributed by atoms with Crippen molar-refractivity contribution in [2.45, 2.75) is 38.5 Å². The summed E-state index contributed by atoms with van der Waals surface area (Å²) in [6.45, 7) is 4.33. The highest BCUT2D eigenvalue weighted by atomic mass is 19.1. The molecule has 0 aromatic heterocycles. The third-order valence-corrected chi connectivity index (χ3v) is 3.78. The van der Waals surface area contributed by atoms with E-state index in [-0.39, 0.29) is 5.56 Å². The normalized spacial score (nSPS) is 23.0. The van der Waals surface area contributed by atoms with E-state index in [1.54, 1.807) is 12.1 Å². The van der Waals surface area contributed by atoms with Crippen LogP contribution in [0.2, 0.25) is 0 Å². The number of rotatable bonds is 6. The van der Waals surface area contributed by atoms with Gasteiger partial charge in [-0.15, -0.1) is 0 Å². The average Bonchev–Trinajstić information content (AvgIpc) is 2.48. The SMILES string of the molecule is CCCCN1CCC(Oc2ccc(C(=O)O)cc2)C(F)C1. The molecule has 4 nitrogen and oxygen atoms in total. The zero-order valence-electron chi connectivity index (χ0n) is 12.3. The Morgan fingerprint density at radius 1 is 1.43 bits per heavy atom. The number of hydrogen-bond acceptors (Lipinski definition) is 3. The topological polar surface area (TPSA) is 49.8 Å². The van der Waals surface area contributed by atoms with E-state index in [9.17, 15) is 9.18 Å². The van der Waals surface area contributed by atoms with Crippen molar-refractivity contribution >= 4 is 5.97 Å². The van der Waals surface area contributed by atoms with Crippen LogP contribution in [0.25, 0.3) is 0 Å². The number of alkyl halides is 1. The smallest absolute Gasteiger partial charge is 0.335 e. The highest BCUT2D eigenvalue weighted by Gasteiger charge is 2.30. The number of aromatic carboxylic acids is 1. The molecule has 2 unspecified atom stereocenters. The Bertz CT molecular complexity index is 463. The predicted octanol–water partition coefficient (Wildman–Crippen LogP) is 2.98. The maximum absolute atomic E-state index is 14.2. The number of piperidine rings is 1. The van der Waals surface area contributed by atoms with Crippen molar-refractivity contribution in [1.29, 1.82) is 0 Å². The van der Waals surface area contributed by atoms with Crippen LogP contribution in [0.3, 0.4) is 0 Å². The average molecular weight is 295 g/mol. The maximum Gasteiger partial charge on any atom is 0.335 e. The van der Waals surface area contributed by atoms with Gasteiger partial charge < -0.3 is 14.7 Å². The third-order valence-electron chi connectivity index (χ3n) is 3.78. The van der Waals surface area contributed by atoms with E-state index in [0.717, 1.165) is 25.9 Å². The molecule has 1 aromatic rings. The Morgan fingerprint density at radius 2 is 2.14 bits per heavy atom. The van der Waals surface area contributed by atoms with Crippen LogP contribution in [0.4, 0.5) is 4.39 Å². The first-order valence-corrected chi connectivity index (χ1v) is 7.46. The van der Waals surface area contributed by atoms with Crippen LogP contribution < -0.4 is 4.74 Å². The lowest BCUT2D eigenvalue weighted by Crippen LogP contribution is -2.47. The van der Waals surface area contributed by atoms with Gasteiger partial charge in [-0.25, -0.2) is 9.18 Å². The Kier molecular flexibility index (Phi) is 5.56. The van der Waals surface area contributed by atoms with Crippen LogP contribution in [0.5, 0.6) is 5.75 Å². The molecule has 2 atom stereocenters. The number of unbranched alkanes of at least 4 members (excludes halogenated alkanes) is 1. The summed E-state index contributed by atoms with van der Waals surface area (Å²) in [5.74, 6) is -0.455. The molecule has 5 heteroatoms. The van der Waals surface area contributed by atoms with Crippen LogP contribution >= 0.6 is 0 Å². The first-order valence-electron chi connectivity index (χ1n) is 7.46. The van der Waals surface area contributed by atoms with Crippen LogP contribution in [0, 0.1) is 0 Å². The molecule has 2 rings (SSSR count). The van der Waals surface area contributed by atoms with Gasteiger partial charge in [-0.05, 0) is 43.7 Å². The lowest BCUT2D eigenvalue weighted by atomic mass is 10.1. The Morgan fingerprint density at radius 3 is 2.71 bits per heavy atom. The first kappa shape index (κ1) is 15.8. The number of likely N-dealkylation sites (tertiary alicyclic amines) is 1. The quantitative estimate of drug-likeness (QED) is 0.876. The number of nitrogens with zero attached hydrogens (tertiary/aromatic N) is 1. The Balaban J connectivity index is 1.87. The highest BCUT2D eigenvalue weighted by molar-refractivity contribution is 5.87. The molecule has 0 spiro atoms. The van der Waals surface area contributed by atoms with Crippen molar-refractivity contribution in [1.82, 2.24) is 4.90 Å². The maximum atomic E-state index is 14.2. The standard InChI is InChI=1S/C16H22FNO3/c1-2-3-9-18-10-8-15(14(17)11-18)21-13-6-4-12(5-7-13)16(19)20/h4-7,14-15H,2-3,8-11H2,1H3,(H,19,20). The van der Waals surface area contributed by atoms with E-state index >= 15 is 0 Å². The Hall–Kier alpha value is -1.62. The molecule has 1 aromatic carbocycles. The van der Waals surface area contributed by atoms with Gasteiger partial charge in [0.15, 0.2) is 0 Å². The van der Waals surface area contributed by atoms with E-state index < -0.39 is 18.2 Å². The molecule has 1 fully saturated rings. The van der Waals surface area contributed by atoms with Crippen LogP contribution in [0.15, 0.2) is 24.3 Å². The van der Waals surface area contributed by atoms with E-state index in [2.05, 4.69) is 11.8 Å². The van der Waals surface area contributed by atoms with Crippen molar-refractivity contribution in [2.24, 2.45) is 0 Å². The fraction of sp³-hybridized carbons (Fsp3) is 0.562. The second kappa shape index (κ2) is 7.41. The summed E-state index contributed by atoms with van der Waals surface area (Å²) in [5, 5.41) is 8.83. The molecule has 1 N–H and O–H groups in total. The molecule has 21 heavy (non-hydrogen) atoms. The summed E-state index contributed by atoms with van der Waals surface area (Å²) >= 11 is 0. The van der Waals surface area contributed by atoms with Gasteiger partial charge in [-0.3, -0.25) is 0 Å². The molecule has 0 bridgehead atoms. The molecule has 1 aliphatic rings. The molecular formula is C16H22FNO3. The van der Waals surface area contributed by atoms with Gasteiger partial charge in [-0.1, -0.05) is 13.3 Å². The minimum absolute atomic E-state index is 0.202. The van der Waals surface area contributed by atoms with Crippen LogP contribution in [-0.2, 0) is 0 Å². The minimum atomic E-state index is -1.00. The second-order valence-electron chi connectivity index (χ2n) is 5.44. The van der Waals surface area contributed by atoms with Gasteiger partial charge in [0.1, 0.15) is 18.0 Å². The van der Waals surface area contributed by atoms with Crippen molar-refractivity contribution in [3.8, 4) is 5.75 Å². The first-order chi connectivity index (χ1) is 10.1. The molecule has 116 valence electrons. The summed E-state index contributed by atoms with van der Waals surface area (Å²) in [4.78, 5) is 12.9. The van der Waals surface area contributed by atoms with Gasteiger partial charge in [0.05, 0.1) is 5.56 Å². The van der Waals surface area contributed by atoms with E-state index in [4.69, 9.17) is 9.84 Å². The van der Waals surface area contributed by atoms with Crippen LogP contribution in [0.1, 0.15) is 36.5 Å². The van der Waals surface area contributed by atoms with Crippen LogP contribution in [-0.4, -0.2) is 47.9 Å². The molecule has 0 aliphatic carbocycles. The third kappa shape index (κ3) is 4.43. The van der Waals surface area contributed by atoms with Gasteiger partial charge in [0, 0.05) is 13.1 Å². The monoisotopic (exact) mass is 295 g/mol. The fourth-order valence-corrected chi connectivity index (χ4v) is 2.51. The van der Waals surface area contributed by atoms with Gasteiger partial charge in [-0.2, -0.15) is 0 Å². The zero-order valence-corrected chi connectivity index (χ0v) is 12.3. The summed E-state index contributed by atoms with van der Waals surface area (Å²) in [5.41, 5.74) is 0.202. The van der Waals surface area contributed by atoms with Crippen molar-refractivity contribution in [3.05, 3.63) is 29.8 Å². The van der Waals surface area contributed by atoms with Crippen molar-refractivity contribution in [2.75, 3.05) is 19.6 Å². The fourth-order valence-electron chi connectivity index (χ4n) is 2.51. The van der Waals surface area contributed by atoms with Gasteiger partial charge in [0.25, 0.3) is 0 Å². The second-order valence-corrected chi connectivity index (χ2v) is 5.44. The minimum Gasteiger partial charge on any atom is -0.487 e. The molecular weight excluding hydrogens is 273 g/mol. The number of hydrogen-bond donors (Lipinski definition) is 1. The van der Waals surface area contributed by atoms with Gasteiger partial charge >= 0.3 is 5.97 Å². The number of carboxylic acid groups (broad SMARTS) is 1. The zero-order chi connectivity index (χ0) is 15.2. The number of ether oxygens (including phenoxy) is 1. The number of carboxylic acids is 1. The number of carbonyl (C=O) groups is 1. The predicted molar refractivity (Wildman–Crippen MR) is 78.7 cm³/mol. The number of halogens is 1. The Labute approximate surface area is 124 Å². The van der Waals surface area contributed by atoms with E-state index in [1.165, 1.54) is 12.1 Å². The lowest BCUT2D eigenvalue weighted by molar-refractivity contribution is 0.0216. The summed E-state index contributed by atoms with van der Waals surface area (Å²) in [6, 6.07) is 6.11. The number of benzene rings is 1. The lowest BCUT2D eigenvalue weighted by Gasteiger charge is -2.34. The highest BCUT2D eigenvalue weighted by Crippen LogP contribution is 2.22. The van der Waals surface area contributed by atoms with Crippen molar-refractivity contribution < 1.29 is 19.0 Å². The van der Waals surface area contributed by atoms with Crippen molar-refractivity contribution in [3.63, 3.8) is 0 Å². The summed E-state index contributed by atoms with van der Waals surface area (Å²) in [7, 11) is 0. The molecule has 0 amide bonds. The van der Waals surface area contributed by atoms with Gasteiger partial charge in [0.2, 0.25) is 0 Å². The van der Waals surface area contributed by atoms with E-state index in [0.29, 0.717) is 18.7 Å². The largest absolute Gasteiger partial charge is 0.487 e. The molecule has 0 saturated carbocycles. The summed E-state index contributed by atoms with van der Waals surface area (Å²) in [6.07, 6.45) is 1.41. The van der Waals surface area contributed by atoms with E-state index in [1.807, 2.05) is 0 Å². The molecule has 1 heterocycles. The molecule has 1 aliphatic heterocycles.